The largest absolute Gasteiger partial charge is 0.484 e. The highest BCUT2D eigenvalue weighted by molar-refractivity contribution is 5.86. The van der Waals surface area contributed by atoms with E-state index in [4.69, 9.17) is 9.84 Å². The first-order valence-corrected chi connectivity index (χ1v) is 6.26. The lowest BCUT2D eigenvalue weighted by Crippen LogP contribution is -2.52. The van der Waals surface area contributed by atoms with Gasteiger partial charge in [-0.2, -0.15) is 13.2 Å². The molecular formula is C14H16F3NO4. The van der Waals surface area contributed by atoms with E-state index in [-0.39, 0.29) is 5.75 Å². The third kappa shape index (κ3) is 4.12. The molecule has 0 aromatic heterocycles. The number of carboxylic acid groups (broad SMARTS) is 1. The highest BCUT2D eigenvalue weighted by Gasteiger charge is 2.35. The van der Waals surface area contributed by atoms with Crippen LogP contribution in [0.15, 0.2) is 24.3 Å². The molecule has 0 atom stereocenters. The van der Waals surface area contributed by atoms with Gasteiger partial charge in [-0.1, -0.05) is 0 Å². The average molecular weight is 319 g/mol. The molecule has 0 bridgehead atoms. The van der Waals surface area contributed by atoms with E-state index in [0.29, 0.717) is 0 Å². The number of hydrogen-bond donors (Lipinski definition) is 1. The van der Waals surface area contributed by atoms with Crippen molar-refractivity contribution >= 4 is 11.9 Å². The Balaban J connectivity index is 2.67. The van der Waals surface area contributed by atoms with Gasteiger partial charge in [-0.05, 0) is 38.1 Å². The van der Waals surface area contributed by atoms with Crippen molar-refractivity contribution in [2.75, 3.05) is 13.7 Å². The molecule has 122 valence electrons. The SMILES string of the molecule is CN(C(=O)COc1ccc(C(F)(F)F)cc1)C(C)(C)C(=O)O. The minimum Gasteiger partial charge on any atom is -0.484 e. The van der Waals surface area contributed by atoms with Gasteiger partial charge in [0.05, 0.1) is 5.56 Å². The van der Waals surface area contributed by atoms with Crippen LogP contribution in [0.2, 0.25) is 0 Å². The standard InChI is InChI=1S/C14H16F3NO4/c1-13(2,12(20)21)18(3)11(19)8-22-10-6-4-9(5-7-10)14(15,16)17/h4-7H,8H2,1-3H3,(H,20,21). The minimum absolute atomic E-state index is 0.0860. The fourth-order valence-electron chi connectivity index (χ4n) is 1.44. The van der Waals surface area contributed by atoms with Gasteiger partial charge in [0.15, 0.2) is 6.61 Å². The van der Waals surface area contributed by atoms with Crippen LogP contribution in [-0.2, 0) is 15.8 Å². The van der Waals surface area contributed by atoms with Gasteiger partial charge in [-0.25, -0.2) is 4.79 Å². The predicted octanol–water partition coefficient (Wildman–Crippen LogP) is 2.41. The number of amides is 1. The highest BCUT2D eigenvalue weighted by Crippen LogP contribution is 2.30. The average Bonchev–Trinajstić information content (AvgIpc) is 2.43. The monoisotopic (exact) mass is 319 g/mol. The molecule has 0 radical (unpaired) electrons. The maximum Gasteiger partial charge on any atom is 0.416 e. The number of likely N-dealkylation sites (N-methyl/N-ethyl adjacent to an activating group) is 1. The number of carbonyl (C=O) groups excluding carboxylic acids is 1. The molecule has 0 aliphatic carbocycles. The number of nitrogens with zero attached hydrogens (tertiary/aromatic N) is 1. The van der Waals surface area contributed by atoms with Gasteiger partial charge in [0.25, 0.3) is 5.91 Å². The number of carboxylic acids is 1. The summed E-state index contributed by atoms with van der Waals surface area (Å²) in [5.74, 6) is -1.70. The van der Waals surface area contributed by atoms with Crippen molar-refractivity contribution in [3.63, 3.8) is 0 Å². The Morgan fingerprint density at radius 2 is 1.68 bits per heavy atom. The number of aliphatic carboxylic acids is 1. The Hall–Kier alpha value is -2.25. The summed E-state index contributed by atoms with van der Waals surface area (Å²) in [4.78, 5) is 23.9. The van der Waals surface area contributed by atoms with Gasteiger partial charge in [0.1, 0.15) is 11.3 Å². The third-order valence-electron chi connectivity index (χ3n) is 3.28. The molecule has 0 aliphatic rings. The smallest absolute Gasteiger partial charge is 0.416 e. The normalized spacial score (nSPS) is 11.9. The predicted molar refractivity (Wildman–Crippen MR) is 71.4 cm³/mol. The van der Waals surface area contributed by atoms with Crippen LogP contribution in [0.5, 0.6) is 5.75 Å². The number of alkyl halides is 3. The molecule has 0 heterocycles. The lowest BCUT2D eigenvalue weighted by Gasteiger charge is -2.31. The number of rotatable bonds is 5. The first kappa shape index (κ1) is 17.8. The summed E-state index contributed by atoms with van der Waals surface area (Å²) >= 11 is 0. The van der Waals surface area contributed by atoms with Gasteiger partial charge in [0.2, 0.25) is 0 Å². The second-order valence-corrected chi connectivity index (χ2v) is 5.13. The molecule has 1 aromatic rings. The lowest BCUT2D eigenvalue weighted by molar-refractivity contribution is -0.156. The van der Waals surface area contributed by atoms with Crippen LogP contribution in [0.4, 0.5) is 13.2 Å². The molecule has 5 nitrogen and oxygen atoms in total. The summed E-state index contributed by atoms with van der Waals surface area (Å²) in [6.07, 6.45) is -4.44. The van der Waals surface area contributed by atoms with Crippen LogP contribution in [-0.4, -0.2) is 41.1 Å². The molecule has 0 spiro atoms. The van der Waals surface area contributed by atoms with Gasteiger partial charge in [-0.15, -0.1) is 0 Å². The summed E-state index contributed by atoms with van der Waals surface area (Å²) in [5.41, 5.74) is -2.24. The Morgan fingerprint density at radius 3 is 2.09 bits per heavy atom. The topological polar surface area (TPSA) is 66.8 Å². The second-order valence-electron chi connectivity index (χ2n) is 5.13. The van der Waals surface area contributed by atoms with Crippen LogP contribution < -0.4 is 4.74 Å². The minimum atomic E-state index is -4.44. The molecular weight excluding hydrogens is 303 g/mol. The molecule has 0 aliphatic heterocycles. The molecule has 0 unspecified atom stereocenters. The van der Waals surface area contributed by atoms with Gasteiger partial charge in [-0.3, -0.25) is 4.79 Å². The van der Waals surface area contributed by atoms with Crippen molar-refractivity contribution in [1.29, 1.82) is 0 Å². The van der Waals surface area contributed by atoms with Crippen LogP contribution in [0, 0.1) is 0 Å². The van der Waals surface area contributed by atoms with E-state index in [0.717, 1.165) is 29.2 Å². The van der Waals surface area contributed by atoms with E-state index in [2.05, 4.69) is 0 Å². The van der Waals surface area contributed by atoms with E-state index in [9.17, 15) is 22.8 Å². The molecule has 1 N–H and O–H groups in total. The van der Waals surface area contributed by atoms with Crippen LogP contribution in [0.25, 0.3) is 0 Å². The van der Waals surface area contributed by atoms with Crippen molar-refractivity contribution in [2.45, 2.75) is 25.6 Å². The van der Waals surface area contributed by atoms with E-state index in [1.807, 2.05) is 0 Å². The summed E-state index contributed by atoms with van der Waals surface area (Å²) in [5, 5.41) is 9.01. The third-order valence-corrected chi connectivity index (χ3v) is 3.28. The molecule has 1 aromatic carbocycles. The fraction of sp³-hybridized carbons (Fsp3) is 0.429. The van der Waals surface area contributed by atoms with Crippen LogP contribution in [0.3, 0.4) is 0 Å². The first-order valence-electron chi connectivity index (χ1n) is 6.26. The number of carbonyl (C=O) groups is 2. The zero-order valence-corrected chi connectivity index (χ0v) is 12.3. The Kier molecular flexibility index (Phi) is 5.05. The maximum atomic E-state index is 12.4. The fourth-order valence-corrected chi connectivity index (χ4v) is 1.44. The summed E-state index contributed by atoms with van der Waals surface area (Å²) in [6, 6.07) is 3.87. The van der Waals surface area contributed by atoms with Crippen molar-refractivity contribution in [1.82, 2.24) is 4.90 Å². The molecule has 1 rings (SSSR count). The Labute approximate surface area is 125 Å². The van der Waals surface area contributed by atoms with Gasteiger partial charge < -0.3 is 14.7 Å². The summed E-state index contributed by atoms with van der Waals surface area (Å²) < 4.78 is 42.2. The maximum absolute atomic E-state index is 12.4. The van der Waals surface area contributed by atoms with Crippen LogP contribution >= 0.6 is 0 Å². The molecule has 0 saturated heterocycles. The van der Waals surface area contributed by atoms with E-state index < -0.39 is 35.8 Å². The van der Waals surface area contributed by atoms with Crippen molar-refractivity contribution < 1.29 is 32.6 Å². The lowest BCUT2D eigenvalue weighted by atomic mass is 10.0. The number of halogens is 3. The molecule has 0 fully saturated rings. The van der Waals surface area contributed by atoms with E-state index >= 15 is 0 Å². The molecule has 1 amide bonds. The van der Waals surface area contributed by atoms with Crippen molar-refractivity contribution in [2.24, 2.45) is 0 Å². The Morgan fingerprint density at radius 1 is 1.18 bits per heavy atom. The zero-order chi connectivity index (χ0) is 17.1. The Bertz CT molecular complexity index is 552. The number of ether oxygens (including phenoxy) is 1. The van der Waals surface area contributed by atoms with Crippen molar-refractivity contribution in [3.05, 3.63) is 29.8 Å². The first-order chi connectivity index (χ1) is 9.96. The highest BCUT2D eigenvalue weighted by atomic mass is 19.4. The molecule has 8 heteroatoms. The van der Waals surface area contributed by atoms with E-state index in [1.54, 1.807) is 0 Å². The zero-order valence-electron chi connectivity index (χ0n) is 12.3. The quantitative estimate of drug-likeness (QED) is 0.905. The second kappa shape index (κ2) is 6.25. The molecule has 0 saturated carbocycles. The number of benzene rings is 1. The summed E-state index contributed by atoms with van der Waals surface area (Å²) in [7, 11) is 1.31. The number of hydrogen-bond acceptors (Lipinski definition) is 3. The van der Waals surface area contributed by atoms with Gasteiger partial charge in [0, 0.05) is 7.05 Å². The van der Waals surface area contributed by atoms with Crippen molar-refractivity contribution in [3.8, 4) is 5.75 Å². The summed E-state index contributed by atoms with van der Waals surface area (Å²) in [6.45, 7) is 2.23. The van der Waals surface area contributed by atoms with E-state index in [1.165, 1.54) is 20.9 Å². The van der Waals surface area contributed by atoms with Crippen LogP contribution in [0.1, 0.15) is 19.4 Å². The van der Waals surface area contributed by atoms with Gasteiger partial charge >= 0.3 is 12.1 Å². The molecule has 22 heavy (non-hydrogen) atoms.